The van der Waals surface area contributed by atoms with Crippen molar-refractivity contribution in [1.82, 2.24) is 0 Å². The van der Waals surface area contributed by atoms with Gasteiger partial charge in [0.2, 0.25) is 9.70 Å². The number of primary amides is 1. The molecule has 0 saturated heterocycles. The molecule has 60 valence electrons. The van der Waals surface area contributed by atoms with E-state index in [1.165, 1.54) is 0 Å². The van der Waals surface area contributed by atoms with Crippen LogP contribution in [0, 0.1) is 0 Å². The number of hydrogen-bond acceptors (Lipinski definition) is 2. The van der Waals surface area contributed by atoms with Crippen molar-refractivity contribution in [2.45, 2.75) is 16.3 Å². The normalized spacial score (nSPS) is 14.8. The van der Waals surface area contributed by atoms with Crippen molar-refractivity contribution in [3.05, 3.63) is 0 Å². The van der Waals surface area contributed by atoms with E-state index in [1.54, 1.807) is 0 Å². The second-order valence-corrected chi connectivity index (χ2v) is 4.10. The molecule has 0 rings (SSSR count). The number of aliphatic hydroxyl groups excluding tert-OH is 1. The van der Waals surface area contributed by atoms with Gasteiger partial charge in [0.15, 0.2) is 0 Å². The fourth-order valence-corrected chi connectivity index (χ4v) is 0.538. The molecule has 0 aliphatic heterocycles. The Kier molecular flexibility index (Phi) is 3.73. The summed E-state index contributed by atoms with van der Waals surface area (Å²) in [4.78, 5) is 10.1. The van der Waals surface area contributed by atoms with Gasteiger partial charge in [-0.05, 0) is 0 Å². The van der Waals surface area contributed by atoms with E-state index in [0.29, 0.717) is 0 Å². The Morgan fingerprint density at radius 3 is 2.10 bits per heavy atom. The van der Waals surface area contributed by atoms with E-state index in [2.05, 4.69) is 0 Å². The third-order valence-corrected chi connectivity index (χ3v) is 1.53. The van der Waals surface area contributed by atoms with Crippen molar-refractivity contribution in [3.8, 4) is 0 Å². The molecule has 0 bridgehead atoms. The average Bonchev–Trinajstić information content (AvgIpc) is 1.60. The molecule has 0 saturated carbocycles. The van der Waals surface area contributed by atoms with Gasteiger partial charge in [0.25, 0.3) is 0 Å². The molecule has 0 spiro atoms. The van der Waals surface area contributed by atoms with Gasteiger partial charge in [-0.15, -0.1) is 0 Å². The Morgan fingerprint density at radius 2 is 2.00 bits per heavy atom. The zero-order valence-electron chi connectivity index (χ0n) is 4.85. The third kappa shape index (κ3) is 4.17. The van der Waals surface area contributed by atoms with E-state index in [-0.39, 0.29) is 6.42 Å². The van der Waals surface area contributed by atoms with Gasteiger partial charge in [0.05, 0.1) is 6.42 Å². The van der Waals surface area contributed by atoms with Crippen LogP contribution in [0.1, 0.15) is 6.42 Å². The van der Waals surface area contributed by atoms with E-state index in [1.807, 2.05) is 0 Å². The van der Waals surface area contributed by atoms with Crippen LogP contribution in [-0.2, 0) is 4.79 Å². The molecule has 0 heterocycles. The summed E-state index contributed by atoms with van der Waals surface area (Å²) in [6, 6.07) is 0. The lowest BCUT2D eigenvalue weighted by Gasteiger charge is -2.16. The molecule has 0 fully saturated rings. The fraction of sp³-hybridized carbons (Fsp3) is 0.750. The van der Waals surface area contributed by atoms with Gasteiger partial charge < -0.3 is 10.8 Å². The summed E-state index contributed by atoms with van der Waals surface area (Å²) >= 11 is 15.6. The molecule has 0 aliphatic rings. The number of rotatable bonds is 2. The van der Waals surface area contributed by atoms with Crippen LogP contribution in [0.2, 0.25) is 0 Å². The molecular formula is C4H6Cl3NO2. The minimum Gasteiger partial charge on any atom is -0.388 e. The molecule has 1 atom stereocenters. The van der Waals surface area contributed by atoms with Crippen LogP contribution in [0.5, 0.6) is 0 Å². The van der Waals surface area contributed by atoms with Crippen molar-refractivity contribution in [2.24, 2.45) is 5.73 Å². The first-order valence-electron chi connectivity index (χ1n) is 2.37. The van der Waals surface area contributed by atoms with E-state index in [4.69, 9.17) is 45.6 Å². The van der Waals surface area contributed by atoms with Gasteiger partial charge in [-0.25, -0.2) is 0 Å². The van der Waals surface area contributed by atoms with Crippen molar-refractivity contribution in [1.29, 1.82) is 0 Å². The van der Waals surface area contributed by atoms with Crippen LogP contribution in [0.4, 0.5) is 0 Å². The number of aliphatic hydroxyl groups is 1. The zero-order chi connectivity index (χ0) is 8.36. The molecule has 6 heteroatoms. The maximum atomic E-state index is 10.1. The number of nitrogens with two attached hydrogens (primary N) is 1. The summed E-state index contributed by atoms with van der Waals surface area (Å²) in [7, 11) is 0. The van der Waals surface area contributed by atoms with Crippen LogP contribution in [0.25, 0.3) is 0 Å². The lowest BCUT2D eigenvalue weighted by molar-refractivity contribution is -0.119. The second-order valence-electron chi connectivity index (χ2n) is 1.73. The summed E-state index contributed by atoms with van der Waals surface area (Å²) in [5, 5.41) is 8.86. The molecule has 0 aromatic heterocycles. The number of hydrogen-bond donors (Lipinski definition) is 2. The van der Waals surface area contributed by atoms with Crippen LogP contribution in [-0.4, -0.2) is 20.9 Å². The average molecular weight is 206 g/mol. The highest BCUT2D eigenvalue weighted by molar-refractivity contribution is 6.68. The summed E-state index contributed by atoms with van der Waals surface area (Å²) in [5.41, 5.74) is 4.72. The maximum absolute atomic E-state index is 10.1. The zero-order valence-corrected chi connectivity index (χ0v) is 7.12. The predicted octanol–water partition coefficient (Wildman–Crippen LogP) is 0.593. The first-order valence-corrected chi connectivity index (χ1v) is 3.50. The molecular weight excluding hydrogens is 200 g/mol. The fourth-order valence-electron chi connectivity index (χ4n) is 0.306. The first-order chi connectivity index (χ1) is 4.34. The summed E-state index contributed by atoms with van der Waals surface area (Å²) in [5.74, 6) is -0.709. The molecule has 3 N–H and O–H groups in total. The number of carbonyl (C=O) groups is 1. The highest BCUT2D eigenvalue weighted by Crippen LogP contribution is 2.31. The predicted molar refractivity (Wildman–Crippen MR) is 40.1 cm³/mol. The van der Waals surface area contributed by atoms with Crippen molar-refractivity contribution in [3.63, 3.8) is 0 Å². The van der Waals surface area contributed by atoms with Crippen molar-refractivity contribution in [2.75, 3.05) is 0 Å². The van der Waals surface area contributed by atoms with E-state index < -0.39 is 15.8 Å². The van der Waals surface area contributed by atoms with Crippen molar-refractivity contribution >= 4 is 40.7 Å². The Labute approximate surface area is 73.0 Å². The monoisotopic (exact) mass is 205 g/mol. The highest BCUT2D eigenvalue weighted by atomic mass is 35.6. The molecule has 3 nitrogen and oxygen atoms in total. The van der Waals surface area contributed by atoms with Crippen LogP contribution < -0.4 is 5.73 Å². The molecule has 1 amide bonds. The molecule has 0 aliphatic carbocycles. The van der Waals surface area contributed by atoms with E-state index in [9.17, 15) is 4.79 Å². The van der Waals surface area contributed by atoms with E-state index >= 15 is 0 Å². The van der Waals surface area contributed by atoms with Crippen LogP contribution in [0.3, 0.4) is 0 Å². The summed E-state index contributed by atoms with van der Waals surface area (Å²) in [6.07, 6.45) is -1.69. The molecule has 0 aromatic carbocycles. The van der Waals surface area contributed by atoms with Gasteiger partial charge in [-0.2, -0.15) is 0 Å². The first kappa shape index (κ1) is 10.3. The van der Waals surface area contributed by atoms with Gasteiger partial charge >= 0.3 is 0 Å². The summed E-state index contributed by atoms with van der Waals surface area (Å²) < 4.78 is -1.84. The topological polar surface area (TPSA) is 63.3 Å². The Balaban J connectivity index is 3.85. The van der Waals surface area contributed by atoms with E-state index in [0.717, 1.165) is 0 Å². The van der Waals surface area contributed by atoms with Gasteiger partial charge in [0.1, 0.15) is 6.10 Å². The minimum atomic E-state index is -1.84. The molecule has 0 aromatic rings. The SMILES string of the molecule is NC(=O)CC(O)C(Cl)(Cl)Cl. The Morgan fingerprint density at radius 1 is 1.60 bits per heavy atom. The van der Waals surface area contributed by atoms with Gasteiger partial charge in [-0.3, -0.25) is 4.79 Å². The maximum Gasteiger partial charge on any atom is 0.220 e. The van der Waals surface area contributed by atoms with Crippen LogP contribution >= 0.6 is 34.8 Å². The smallest absolute Gasteiger partial charge is 0.220 e. The quantitative estimate of drug-likeness (QED) is 0.650. The van der Waals surface area contributed by atoms with Gasteiger partial charge in [0, 0.05) is 0 Å². The number of halogens is 3. The minimum absolute atomic E-state index is 0.351. The van der Waals surface area contributed by atoms with Crippen molar-refractivity contribution < 1.29 is 9.90 Å². The van der Waals surface area contributed by atoms with Crippen LogP contribution in [0.15, 0.2) is 0 Å². The number of amides is 1. The molecule has 1 unspecified atom stereocenters. The second kappa shape index (κ2) is 3.62. The Bertz CT molecular complexity index is 133. The summed E-state index contributed by atoms with van der Waals surface area (Å²) in [6.45, 7) is 0. The third-order valence-electron chi connectivity index (χ3n) is 0.772. The number of alkyl halides is 3. The van der Waals surface area contributed by atoms with Gasteiger partial charge in [-0.1, -0.05) is 34.8 Å². The lowest BCUT2D eigenvalue weighted by Crippen LogP contribution is -2.30. The lowest BCUT2D eigenvalue weighted by atomic mass is 10.3. The largest absolute Gasteiger partial charge is 0.388 e. The molecule has 0 radical (unpaired) electrons. The Hall–Kier alpha value is 0.300. The highest BCUT2D eigenvalue weighted by Gasteiger charge is 2.31. The standard InChI is InChI=1S/C4H6Cl3NO2/c5-4(6,7)2(9)1-3(8)10/h2,9H,1H2,(H2,8,10). The molecule has 10 heavy (non-hydrogen) atoms. The number of carbonyl (C=O) groups excluding carboxylic acids is 1.